The van der Waals surface area contributed by atoms with Crippen molar-refractivity contribution in [3.63, 3.8) is 0 Å². The van der Waals surface area contributed by atoms with Crippen LogP contribution in [-0.2, 0) is 20.2 Å². The van der Waals surface area contributed by atoms with Gasteiger partial charge in [-0.3, -0.25) is 4.79 Å². The third kappa shape index (κ3) is 3.58. The Balaban J connectivity index is 1.54. The molecule has 0 radical (unpaired) electrons. The summed E-state index contributed by atoms with van der Waals surface area (Å²) in [5.41, 5.74) is -1.19. The summed E-state index contributed by atoms with van der Waals surface area (Å²) in [6.07, 6.45) is 2.85. The predicted molar refractivity (Wildman–Crippen MR) is 82.5 cm³/mol. The van der Waals surface area contributed by atoms with Crippen LogP contribution in [-0.4, -0.2) is 42.9 Å². The summed E-state index contributed by atoms with van der Waals surface area (Å²) in [6.45, 7) is -0.988. The van der Waals surface area contributed by atoms with Crippen LogP contribution in [0.2, 0.25) is 0 Å². The molecular weight excluding hydrogens is 380 g/mol. The fourth-order valence-electron chi connectivity index (χ4n) is 5.54. The van der Waals surface area contributed by atoms with E-state index >= 15 is 0 Å². The molecule has 0 aromatic rings. The van der Waals surface area contributed by atoms with Gasteiger partial charge < -0.3 is 9.84 Å². The van der Waals surface area contributed by atoms with Crippen LogP contribution in [0, 0.1) is 17.3 Å². The van der Waals surface area contributed by atoms with E-state index in [0.717, 1.165) is 32.1 Å². The van der Waals surface area contributed by atoms with Gasteiger partial charge in [-0.15, -0.1) is 0 Å². The van der Waals surface area contributed by atoms with E-state index in [2.05, 4.69) is 0 Å². The summed E-state index contributed by atoms with van der Waals surface area (Å²) in [6, 6.07) is 0. The lowest BCUT2D eigenvalue weighted by atomic mass is 9.47. The monoisotopic (exact) mass is 402 g/mol. The Labute approximate surface area is 150 Å². The fraction of sp³-hybridized carbons (Fsp3) is 0.938. The first-order valence-corrected chi connectivity index (χ1v) is 9.82. The molecule has 4 fully saturated rings. The van der Waals surface area contributed by atoms with E-state index in [1.165, 1.54) is 0 Å². The average Bonchev–Trinajstić information content (AvgIpc) is 2.42. The highest BCUT2D eigenvalue weighted by Crippen LogP contribution is 2.62. The van der Waals surface area contributed by atoms with E-state index in [9.17, 15) is 35.9 Å². The molecule has 4 aliphatic carbocycles. The Morgan fingerprint density at radius 3 is 2.19 bits per heavy atom. The number of aliphatic hydroxyl groups is 1. The molecule has 0 heterocycles. The molecule has 2 unspecified atom stereocenters. The van der Waals surface area contributed by atoms with Crippen LogP contribution in [0.3, 0.4) is 0 Å². The van der Waals surface area contributed by atoms with Gasteiger partial charge >= 0.3 is 17.1 Å². The zero-order valence-corrected chi connectivity index (χ0v) is 15.0. The summed E-state index contributed by atoms with van der Waals surface area (Å²) in [7, 11) is -4.64. The number of esters is 1. The van der Waals surface area contributed by atoms with Crippen molar-refractivity contribution < 1.29 is 40.6 Å². The van der Waals surface area contributed by atoms with E-state index in [1.54, 1.807) is 0 Å². The van der Waals surface area contributed by atoms with Gasteiger partial charge in [0.15, 0.2) is 0 Å². The third-order valence-electron chi connectivity index (χ3n) is 6.02. The van der Waals surface area contributed by atoms with E-state index in [-0.39, 0.29) is 6.42 Å². The van der Waals surface area contributed by atoms with Crippen LogP contribution < -0.4 is 0 Å². The first kappa shape index (κ1) is 19.9. The molecule has 26 heavy (non-hydrogen) atoms. The molecule has 150 valence electrons. The van der Waals surface area contributed by atoms with Crippen molar-refractivity contribution in [3.8, 4) is 0 Å². The van der Waals surface area contributed by atoms with Crippen LogP contribution in [0.5, 0.6) is 0 Å². The van der Waals surface area contributed by atoms with Crippen molar-refractivity contribution in [3.05, 3.63) is 0 Å². The number of carbonyl (C=O) groups excluding carboxylic acids is 1. The highest BCUT2D eigenvalue weighted by molar-refractivity contribution is 7.73. The van der Waals surface area contributed by atoms with E-state index in [1.807, 2.05) is 0 Å². The highest BCUT2D eigenvalue weighted by Gasteiger charge is 2.60. The van der Waals surface area contributed by atoms with Gasteiger partial charge in [-0.1, -0.05) is 0 Å². The summed E-state index contributed by atoms with van der Waals surface area (Å²) in [5.74, 6) is -4.91. The van der Waals surface area contributed by atoms with E-state index < -0.39 is 51.9 Å². The van der Waals surface area contributed by atoms with Gasteiger partial charge in [-0.2, -0.15) is 17.6 Å². The van der Waals surface area contributed by atoms with Gasteiger partial charge in [0.25, 0.3) is 0 Å². The second-order valence-electron chi connectivity index (χ2n) is 8.34. The van der Waals surface area contributed by atoms with Crippen LogP contribution >= 0.6 is 0 Å². The van der Waals surface area contributed by atoms with Crippen LogP contribution in [0.1, 0.15) is 51.4 Å². The quantitative estimate of drug-likeness (QED) is 0.389. The highest BCUT2D eigenvalue weighted by atomic mass is 32.2. The molecule has 1 N–H and O–H groups in total. The van der Waals surface area contributed by atoms with Gasteiger partial charge in [0, 0.05) is 0 Å². The first-order valence-electron chi connectivity index (χ1n) is 8.65. The second-order valence-corrected chi connectivity index (χ2v) is 9.41. The summed E-state index contributed by atoms with van der Waals surface area (Å²) in [4.78, 5) is 12.0. The Morgan fingerprint density at radius 1 is 1.12 bits per heavy atom. The maximum absolute atomic E-state index is 13.3. The van der Waals surface area contributed by atoms with Crippen molar-refractivity contribution >= 4 is 16.7 Å². The standard InChI is InChI=1S/C16H22F4O5S/c17-15(18,16(19,20)26(23)24)1-2-25-12(21)8-13-4-10-3-11(5-13)7-14(22,6-10)9-13/h10-11,22,26H,1-9H2. The van der Waals surface area contributed by atoms with E-state index in [4.69, 9.17) is 4.74 Å². The molecule has 0 aliphatic heterocycles. The van der Waals surface area contributed by atoms with E-state index in [0.29, 0.717) is 18.3 Å². The fourth-order valence-corrected chi connectivity index (χ4v) is 5.92. The lowest BCUT2D eigenvalue weighted by Crippen LogP contribution is -2.56. The van der Waals surface area contributed by atoms with Crippen molar-refractivity contribution in [2.75, 3.05) is 6.61 Å². The molecule has 4 bridgehead atoms. The Kier molecular flexibility index (Phi) is 4.83. The van der Waals surface area contributed by atoms with Crippen molar-refractivity contribution in [2.24, 2.45) is 17.3 Å². The molecule has 0 amide bonds. The minimum Gasteiger partial charge on any atom is -0.465 e. The number of hydrogen-bond donors (Lipinski definition) is 2. The topological polar surface area (TPSA) is 80.7 Å². The van der Waals surface area contributed by atoms with Crippen molar-refractivity contribution in [1.29, 1.82) is 0 Å². The number of ether oxygens (including phenoxy) is 1. The first-order chi connectivity index (χ1) is 11.9. The Hall–Kier alpha value is -0.900. The molecule has 0 spiro atoms. The van der Waals surface area contributed by atoms with Crippen LogP contribution in [0.4, 0.5) is 17.6 Å². The second kappa shape index (κ2) is 6.32. The molecule has 4 aliphatic rings. The number of rotatable bonds is 7. The average molecular weight is 402 g/mol. The molecule has 0 aromatic heterocycles. The normalized spacial score (nSPS) is 36.5. The minimum absolute atomic E-state index is 0.0416. The maximum atomic E-state index is 13.3. The zero-order valence-electron chi connectivity index (χ0n) is 14.1. The third-order valence-corrected chi connectivity index (χ3v) is 6.80. The SMILES string of the molecule is O=C(CC12CC3CC(CC(O)(C3)C1)C2)OCCC(F)(F)C(F)(F)[SH](=O)=O. The number of alkyl halides is 4. The number of halogens is 4. The van der Waals surface area contributed by atoms with Crippen molar-refractivity contribution in [2.45, 2.75) is 68.1 Å². The molecule has 10 heteroatoms. The Morgan fingerprint density at radius 2 is 1.69 bits per heavy atom. The predicted octanol–water partition coefficient (Wildman–Crippen LogP) is 2.48. The summed E-state index contributed by atoms with van der Waals surface area (Å²) < 4.78 is 77.8. The lowest BCUT2D eigenvalue weighted by Gasteiger charge is -2.60. The van der Waals surface area contributed by atoms with Gasteiger partial charge in [-0.25, -0.2) is 8.42 Å². The number of thiol groups is 1. The van der Waals surface area contributed by atoms with Gasteiger partial charge in [0.1, 0.15) is 0 Å². The molecule has 5 nitrogen and oxygen atoms in total. The van der Waals surface area contributed by atoms with Crippen molar-refractivity contribution in [1.82, 2.24) is 0 Å². The summed E-state index contributed by atoms with van der Waals surface area (Å²) in [5, 5.41) is 5.43. The lowest BCUT2D eigenvalue weighted by molar-refractivity contribution is -0.182. The number of carbonyl (C=O) groups is 1. The molecule has 2 atom stereocenters. The molecule has 4 rings (SSSR count). The smallest absolute Gasteiger partial charge is 0.404 e. The number of hydrogen-bond acceptors (Lipinski definition) is 5. The van der Waals surface area contributed by atoms with Crippen LogP contribution in [0.25, 0.3) is 0 Å². The van der Waals surface area contributed by atoms with Gasteiger partial charge in [-0.05, 0) is 55.8 Å². The summed E-state index contributed by atoms with van der Waals surface area (Å²) >= 11 is 0. The molecular formula is C16H22F4O5S. The zero-order chi connectivity index (χ0) is 19.4. The van der Waals surface area contributed by atoms with Gasteiger partial charge in [0.2, 0.25) is 10.7 Å². The van der Waals surface area contributed by atoms with Gasteiger partial charge in [0.05, 0.1) is 25.0 Å². The Bertz CT molecular complexity index is 641. The molecule has 4 saturated carbocycles. The largest absolute Gasteiger partial charge is 0.465 e. The maximum Gasteiger partial charge on any atom is 0.404 e. The molecule has 0 aromatic carbocycles. The minimum atomic E-state index is -5.18. The molecule has 0 saturated heterocycles. The van der Waals surface area contributed by atoms with Crippen LogP contribution in [0.15, 0.2) is 0 Å².